The van der Waals surface area contributed by atoms with Crippen LogP contribution in [0.15, 0.2) is 83.5 Å². The molecule has 2 heterocycles. The van der Waals surface area contributed by atoms with Crippen LogP contribution in [0.1, 0.15) is 17.4 Å². The first-order valence-electron chi connectivity index (χ1n) is 9.19. The van der Waals surface area contributed by atoms with Gasteiger partial charge in [0.25, 0.3) is 5.91 Å². The van der Waals surface area contributed by atoms with E-state index in [1.165, 1.54) is 18.4 Å². The van der Waals surface area contributed by atoms with E-state index < -0.39 is 5.97 Å². The zero-order valence-corrected chi connectivity index (χ0v) is 15.6. The lowest BCUT2D eigenvalue weighted by molar-refractivity contribution is -0.143. The average molecular weight is 389 g/mol. The van der Waals surface area contributed by atoms with Crippen molar-refractivity contribution >= 4 is 23.6 Å². The van der Waals surface area contributed by atoms with E-state index in [9.17, 15) is 9.59 Å². The third-order valence-electron chi connectivity index (χ3n) is 4.55. The van der Waals surface area contributed by atoms with Gasteiger partial charge in [-0.2, -0.15) is 0 Å². The number of carbonyl (C=O) groups excluding carboxylic acids is 2. The van der Waals surface area contributed by atoms with Gasteiger partial charge in [-0.05, 0) is 35.9 Å². The molecule has 1 aliphatic rings. The van der Waals surface area contributed by atoms with Crippen molar-refractivity contribution in [3.05, 3.63) is 90.4 Å². The Bertz CT molecular complexity index is 1010. The van der Waals surface area contributed by atoms with E-state index >= 15 is 0 Å². The van der Waals surface area contributed by atoms with Crippen molar-refractivity contribution < 1.29 is 23.5 Å². The smallest absolute Gasteiger partial charge is 0.331 e. The number of furan rings is 1. The lowest BCUT2D eigenvalue weighted by Crippen LogP contribution is -2.43. The van der Waals surface area contributed by atoms with Gasteiger partial charge in [0.1, 0.15) is 18.1 Å². The van der Waals surface area contributed by atoms with Crippen LogP contribution in [0.25, 0.3) is 6.08 Å². The topological polar surface area (TPSA) is 69.0 Å². The van der Waals surface area contributed by atoms with Crippen LogP contribution in [-0.4, -0.2) is 25.1 Å². The number of rotatable bonds is 5. The summed E-state index contributed by atoms with van der Waals surface area (Å²) in [6.07, 6.45) is 4.23. The van der Waals surface area contributed by atoms with Crippen LogP contribution in [0, 0.1) is 0 Å². The third kappa shape index (κ3) is 4.21. The molecule has 1 amide bonds. The molecule has 0 radical (unpaired) electrons. The number of fused-ring (bicyclic) bond motifs is 1. The molecule has 0 saturated carbocycles. The van der Waals surface area contributed by atoms with Gasteiger partial charge >= 0.3 is 5.97 Å². The van der Waals surface area contributed by atoms with E-state index in [2.05, 4.69) is 0 Å². The summed E-state index contributed by atoms with van der Waals surface area (Å²) in [5.74, 6) is 0.207. The molecule has 0 fully saturated rings. The summed E-state index contributed by atoms with van der Waals surface area (Å²) in [6.45, 7) is -0.0574. The van der Waals surface area contributed by atoms with Gasteiger partial charge in [-0.1, -0.05) is 42.5 Å². The van der Waals surface area contributed by atoms with Gasteiger partial charge in [0.15, 0.2) is 6.61 Å². The first kappa shape index (κ1) is 18.6. The number of hydrogen-bond acceptors (Lipinski definition) is 5. The van der Waals surface area contributed by atoms with Crippen LogP contribution in [0.2, 0.25) is 0 Å². The highest BCUT2D eigenvalue weighted by Crippen LogP contribution is 2.39. The fourth-order valence-electron chi connectivity index (χ4n) is 3.20. The number of nitrogens with zero attached hydrogens (tertiary/aromatic N) is 1. The Kier molecular flexibility index (Phi) is 5.42. The highest BCUT2D eigenvalue weighted by Gasteiger charge is 2.33. The van der Waals surface area contributed by atoms with E-state index in [1.54, 1.807) is 17.0 Å². The molecule has 1 aliphatic heterocycles. The normalized spacial score (nSPS) is 15.6. The first-order valence-corrected chi connectivity index (χ1v) is 9.19. The van der Waals surface area contributed by atoms with Gasteiger partial charge in [-0.25, -0.2) is 4.79 Å². The van der Waals surface area contributed by atoms with Gasteiger partial charge in [0.2, 0.25) is 0 Å². The predicted octanol–water partition coefficient (Wildman–Crippen LogP) is 4.00. The Morgan fingerprint density at radius 3 is 2.62 bits per heavy atom. The molecule has 2 aromatic carbocycles. The monoisotopic (exact) mass is 389 g/mol. The zero-order valence-electron chi connectivity index (χ0n) is 15.6. The molecule has 6 heteroatoms. The molecule has 3 aromatic rings. The summed E-state index contributed by atoms with van der Waals surface area (Å²) < 4.78 is 16.1. The minimum atomic E-state index is -0.618. The van der Waals surface area contributed by atoms with Crippen molar-refractivity contribution in [2.24, 2.45) is 0 Å². The van der Waals surface area contributed by atoms with Crippen molar-refractivity contribution in [2.45, 2.75) is 6.04 Å². The summed E-state index contributed by atoms with van der Waals surface area (Å²) >= 11 is 0. The Hall–Kier alpha value is -3.80. The number of amides is 1. The Morgan fingerprint density at radius 1 is 1.03 bits per heavy atom. The van der Waals surface area contributed by atoms with Crippen LogP contribution in [0.4, 0.5) is 5.69 Å². The maximum atomic E-state index is 13.0. The molecular weight excluding hydrogens is 370 g/mol. The van der Waals surface area contributed by atoms with Crippen molar-refractivity contribution in [3.63, 3.8) is 0 Å². The molecule has 0 saturated heterocycles. The van der Waals surface area contributed by atoms with Gasteiger partial charge in [-0.3, -0.25) is 9.69 Å². The van der Waals surface area contributed by atoms with Crippen molar-refractivity contribution in [3.8, 4) is 5.75 Å². The number of esters is 1. The van der Waals surface area contributed by atoms with Gasteiger partial charge in [-0.15, -0.1) is 0 Å². The van der Waals surface area contributed by atoms with Crippen LogP contribution in [0.3, 0.4) is 0 Å². The second-order valence-corrected chi connectivity index (χ2v) is 6.43. The summed E-state index contributed by atoms with van der Waals surface area (Å²) in [4.78, 5) is 26.6. The fourth-order valence-corrected chi connectivity index (χ4v) is 3.20. The second kappa shape index (κ2) is 8.48. The Morgan fingerprint density at radius 2 is 1.83 bits per heavy atom. The van der Waals surface area contributed by atoms with Crippen molar-refractivity contribution in [1.29, 1.82) is 0 Å². The molecular formula is C23H19NO5. The number of ether oxygens (including phenoxy) is 2. The number of benzene rings is 2. The molecule has 0 unspecified atom stereocenters. The van der Waals surface area contributed by atoms with Crippen LogP contribution in [0.5, 0.6) is 5.75 Å². The molecule has 0 spiro atoms. The highest BCUT2D eigenvalue weighted by molar-refractivity contribution is 5.98. The number of hydrogen-bond donors (Lipinski definition) is 0. The maximum Gasteiger partial charge on any atom is 0.331 e. The summed E-state index contributed by atoms with van der Waals surface area (Å²) in [7, 11) is 0. The van der Waals surface area contributed by atoms with Gasteiger partial charge < -0.3 is 13.9 Å². The number of anilines is 1. The molecule has 1 atom stereocenters. The minimum absolute atomic E-state index is 0.309. The lowest BCUT2D eigenvalue weighted by atomic mass is 10.0. The van der Waals surface area contributed by atoms with Crippen molar-refractivity contribution in [1.82, 2.24) is 0 Å². The van der Waals surface area contributed by atoms with Gasteiger partial charge in [0.05, 0.1) is 18.0 Å². The zero-order chi connectivity index (χ0) is 20.1. The molecule has 4 rings (SSSR count). The lowest BCUT2D eigenvalue weighted by Gasteiger charge is -2.37. The van der Waals surface area contributed by atoms with E-state index in [0.717, 1.165) is 5.56 Å². The largest absolute Gasteiger partial charge is 0.489 e. The molecule has 0 aliphatic carbocycles. The van der Waals surface area contributed by atoms with E-state index in [4.69, 9.17) is 13.9 Å². The molecule has 146 valence electrons. The summed E-state index contributed by atoms with van der Waals surface area (Å²) in [5, 5.41) is 0. The van der Waals surface area contributed by atoms with E-state index in [0.29, 0.717) is 23.8 Å². The minimum Gasteiger partial charge on any atom is -0.489 e. The van der Waals surface area contributed by atoms with E-state index in [1.807, 2.05) is 54.6 Å². The number of para-hydroxylation sites is 2. The third-order valence-corrected chi connectivity index (χ3v) is 4.55. The van der Waals surface area contributed by atoms with Crippen LogP contribution in [-0.2, 0) is 14.3 Å². The van der Waals surface area contributed by atoms with Crippen LogP contribution >= 0.6 is 0 Å². The summed E-state index contributed by atoms with van der Waals surface area (Å²) in [6, 6.07) is 20.1. The molecule has 6 nitrogen and oxygen atoms in total. The van der Waals surface area contributed by atoms with Crippen molar-refractivity contribution in [2.75, 3.05) is 18.1 Å². The Balaban J connectivity index is 1.51. The molecule has 0 bridgehead atoms. The SMILES string of the molecule is O=C(/C=C/c1ccco1)OCC(=O)N1c2ccccc2OC[C@H]1c1ccccc1. The molecule has 1 aromatic heterocycles. The highest BCUT2D eigenvalue weighted by atomic mass is 16.5. The van der Waals surface area contributed by atoms with Crippen LogP contribution < -0.4 is 9.64 Å². The van der Waals surface area contributed by atoms with Gasteiger partial charge in [0, 0.05) is 6.08 Å². The Labute approximate surface area is 168 Å². The van der Waals surface area contributed by atoms with E-state index in [-0.39, 0.29) is 18.6 Å². The molecule has 29 heavy (non-hydrogen) atoms. The average Bonchev–Trinajstić information content (AvgIpc) is 3.29. The quantitative estimate of drug-likeness (QED) is 0.487. The second-order valence-electron chi connectivity index (χ2n) is 6.43. The fraction of sp³-hybridized carbons (Fsp3) is 0.130. The summed E-state index contributed by atoms with van der Waals surface area (Å²) in [5.41, 5.74) is 1.60. The molecule has 0 N–H and O–H groups in total. The standard InChI is InChI=1S/C23H19NO5/c25-22(16-29-23(26)13-12-18-9-6-14-27-18)24-19-10-4-5-11-21(19)28-15-20(24)17-7-2-1-3-8-17/h1-14,20H,15-16H2/b13-12+/t20-/m0/s1. The first-order chi connectivity index (χ1) is 14.2. The predicted molar refractivity (Wildman–Crippen MR) is 107 cm³/mol. The number of carbonyl (C=O) groups is 2. The maximum absolute atomic E-state index is 13.0.